The molecule has 3 rings (SSSR count). The van der Waals surface area contributed by atoms with Gasteiger partial charge in [0.2, 0.25) is 6.79 Å². The van der Waals surface area contributed by atoms with E-state index in [0.29, 0.717) is 6.79 Å². The van der Waals surface area contributed by atoms with Crippen LogP contribution in [0.4, 0.5) is 0 Å². The van der Waals surface area contributed by atoms with Crippen LogP contribution in [0.1, 0.15) is 29.2 Å². The van der Waals surface area contributed by atoms with E-state index < -0.39 is 0 Å². The number of benzene rings is 2. The van der Waals surface area contributed by atoms with Gasteiger partial charge in [-0.15, -0.1) is 0 Å². The summed E-state index contributed by atoms with van der Waals surface area (Å²) in [6.07, 6.45) is 1.79. The third-order valence-electron chi connectivity index (χ3n) is 4.03. The largest absolute Gasteiger partial charge is 0.496 e. The molecule has 2 N–H and O–H groups in total. The number of aryl methyl sites for hydroxylation is 2. The van der Waals surface area contributed by atoms with E-state index in [9.17, 15) is 0 Å². The van der Waals surface area contributed by atoms with Crippen LogP contribution in [0.5, 0.6) is 17.2 Å². The molecule has 0 aromatic heterocycles. The molecule has 1 atom stereocenters. The second kappa shape index (κ2) is 6.28. The normalized spacial score (nSPS) is 14.0. The molecule has 1 unspecified atom stereocenters. The molecule has 0 radical (unpaired) electrons. The van der Waals surface area contributed by atoms with Gasteiger partial charge in [-0.1, -0.05) is 18.2 Å². The number of nitrogens with two attached hydrogens (primary N) is 1. The number of methoxy groups -OCH3 is 1. The van der Waals surface area contributed by atoms with Crippen LogP contribution in [0.3, 0.4) is 0 Å². The Morgan fingerprint density at radius 1 is 1.14 bits per heavy atom. The molecule has 4 nitrogen and oxygen atoms in total. The number of fused-ring (bicyclic) bond motifs is 1. The van der Waals surface area contributed by atoms with Gasteiger partial charge in [0.05, 0.1) is 7.11 Å². The zero-order valence-electron chi connectivity index (χ0n) is 13.0. The molecule has 1 heterocycles. The average molecular weight is 299 g/mol. The van der Waals surface area contributed by atoms with Gasteiger partial charge in [0, 0.05) is 6.04 Å². The quantitative estimate of drug-likeness (QED) is 0.919. The highest BCUT2D eigenvalue weighted by atomic mass is 16.7. The monoisotopic (exact) mass is 299 g/mol. The minimum absolute atomic E-state index is 0.00929. The molecular formula is C18H21NO3. The third kappa shape index (κ3) is 3.02. The third-order valence-corrected chi connectivity index (χ3v) is 4.03. The zero-order chi connectivity index (χ0) is 15.5. The standard InChI is InChI=1S/C18H21NO3/c1-12-9-14(5-8-16(12)20-2)15(19)6-3-13-4-7-17-18(10-13)22-11-21-17/h4-5,7-10,15H,3,6,11,19H2,1-2H3. The summed E-state index contributed by atoms with van der Waals surface area (Å²) >= 11 is 0. The van der Waals surface area contributed by atoms with E-state index >= 15 is 0 Å². The van der Waals surface area contributed by atoms with Gasteiger partial charge in [-0.25, -0.2) is 0 Å². The van der Waals surface area contributed by atoms with Crippen molar-refractivity contribution in [3.8, 4) is 17.2 Å². The van der Waals surface area contributed by atoms with Gasteiger partial charge >= 0.3 is 0 Å². The molecule has 1 aliphatic rings. The topological polar surface area (TPSA) is 53.7 Å². The predicted octanol–water partition coefficient (Wildman–Crippen LogP) is 3.36. The van der Waals surface area contributed by atoms with Crippen LogP contribution in [0.2, 0.25) is 0 Å². The fraction of sp³-hybridized carbons (Fsp3) is 0.333. The van der Waals surface area contributed by atoms with Gasteiger partial charge in [0.25, 0.3) is 0 Å². The number of hydrogen-bond donors (Lipinski definition) is 1. The van der Waals surface area contributed by atoms with E-state index in [0.717, 1.165) is 41.2 Å². The number of rotatable bonds is 5. The van der Waals surface area contributed by atoms with E-state index in [1.807, 2.05) is 31.2 Å². The molecule has 4 heteroatoms. The first-order chi connectivity index (χ1) is 10.7. The summed E-state index contributed by atoms with van der Waals surface area (Å²) < 4.78 is 16.0. The van der Waals surface area contributed by atoms with Crippen LogP contribution >= 0.6 is 0 Å². The van der Waals surface area contributed by atoms with Gasteiger partial charge in [-0.2, -0.15) is 0 Å². The lowest BCUT2D eigenvalue weighted by molar-refractivity contribution is 0.174. The predicted molar refractivity (Wildman–Crippen MR) is 85.5 cm³/mol. The first kappa shape index (κ1) is 14.7. The number of ether oxygens (including phenoxy) is 3. The summed E-state index contributed by atoms with van der Waals surface area (Å²) in [5.74, 6) is 2.54. The Morgan fingerprint density at radius 2 is 1.95 bits per heavy atom. The maximum absolute atomic E-state index is 6.32. The Balaban J connectivity index is 1.64. The van der Waals surface area contributed by atoms with Crippen LogP contribution in [0.25, 0.3) is 0 Å². The lowest BCUT2D eigenvalue weighted by Crippen LogP contribution is -2.11. The number of hydrogen-bond acceptors (Lipinski definition) is 4. The molecule has 0 aliphatic carbocycles. The molecule has 0 fully saturated rings. The summed E-state index contributed by atoms with van der Waals surface area (Å²) in [6, 6.07) is 12.2. The Labute approximate surface area is 130 Å². The molecular weight excluding hydrogens is 278 g/mol. The van der Waals surface area contributed by atoms with E-state index in [-0.39, 0.29) is 6.04 Å². The van der Waals surface area contributed by atoms with Crippen LogP contribution in [-0.4, -0.2) is 13.9 Å². The summed E-state index contributed by atoms with van der Waals surface area (Å²) in [7, 11) is 1.68. The Bertz CT molecular complexity index is 669. The van der Waals surface area contributed by atoms with Gasteiger partial charge in [-0.05, 0) is 54.7 Å². The molecule has 0 bridgehead atoms. The second-order valence-electron chi connectivity index (χ2n) is 5.56. The minimum Gasteiger partial charge on any atom is -0.496 e. The zero-order valence-corrected chi connectivity index (χ0v) is 13.0. The van der Waals surface area contributed by atoms with Crippen molar-refractivity contribution in [3.05, 3.63) is 53.1 Å². The van der Waals surface area contributed by atoms with Crippen LogP contribution < -0.4 is 19.9 Å². The van der Waals surface area contributed by atoms with Crippen molar-refractivity contribution >= 4 is 0 Å². The fourth-order valence-corrected chi connectivity index (χ4v) is 2.72. The molecule has 0 spiro atoms. The van der Waals surface area contributed by atoms with Gasteiger partial charge in [0.15, 0.2) is 11.5 Å². The highest BCUT2D eigenvalue weighted by Gasteiger charge is 2.14. The lowest BCUT2D eigenvalue weighted by Gasteiger charge is -2.14. The SMILES string of the molecule is COc1ccc(C(N)CCc2ccc3c(c2)OCO3)cc1C. The maximum atomic E-state index is 6.32. The Morgan fingerprint density at radius 3 is 2.73 bits per heavy atom. The van der Waals surface area contributed by atoms with Crippen molar-refractivity contribution in [1.82, 2.24) is 0 Å². The Kier molecular flexibility index (Phi) is 4.20. The van der Waals surface area contributed by atoms with Gasteiger partial charge < -0.3 is 19.9 Å². The molecule has 2 aromatic rings. The van der Waals surface area contributed by atoms with Crippen LogP contribution in [-0.2, 0) is 6.42 Å². The van der Waals surface area contributed by atoms with Crippen LogP contribution in [0.15, 0.2) is 36.4 Å². The van der Waals surface area contributed by atoms with Crippen LogP contribution in [0, 0.1) is 6.92 Å². The summed E-state index contributed by atoms with van der Waals surface area (Å²) in [5.41, 5.74) is 9.78. The van der Waals surface area contributed by atoms with Crippen molar-refractivity contribution in [2.24, 2.45) is 5.73 Å². The fourth-order valence-electron chi connectivity index (χ4n) is 2.72. The minimum atomic E-state index is 0.00929. The smallest absolute Gasteiger partial charge is 0.231 e. The molecule has 116 valence electrons. The Hall–Kier alpha value is -2.20. The van der Waals surface area contributed by atoms with Crippen molar-refractivity contribution in [1.29, 1.82) is 0 Å². The molecule has 2 aromatic carbocycles. The maximum Gasteiger partial charge on any atom is 0.231 e. The second-order valence-corrected chi connectivity index (χ2v) is 5.56. The molecule has 0 saturated carbocycles. The summed E-state index contributed by atoms with van der Waals surface area (Å²) in [5, 5.41) is 0. The van der Waals surface area contributed by atoms with Crippen molar-refractivity contribution in [3.63, 3.8) is 0 Å². The van der Waals surface area contributed by atoms with Crippen molar-refractivity contribution in [2.45, 2.75) is 25.8 Å². The highest BCUT2D eigenvalue weighted by molar-refractivity contribution is 5.44. The highest BCUT2D eigenvalue weighted by Crippen LogP contribution is 2.33. The van der Waals surface area contributed by atoms with Gasteiger partial charge in [0.1, 0.15) is 5.75 Å². The molecule has 1 aliphatic heterocycles. The van der Waals surface area contributed by atoms with E-state index in [2.05, 4.69) is 12.1 Å². The summed E-state index contributed by atoms with van der Waals surface area (Å²) in [6.45, 7) is 2.34. The molecule has 0 amide bonds. The van der Waals surface area contributed by atoms with E-state index in [1.165, 1.54) is 5.56 Å². The lowest BCUT2D eigenvalue weighted by atomic mass is 9.98. The van der Waals surface area contributed by atoms with E-state index in [1.54, 1.807) is 7.11 Å². The van der Waals surface area contributed by atoms with Crippen molar-refractivity contribution in [2.75, 3.05) is 13.9 Å². The summed E-state index contributed by atoms with van der Waals surface area (Å²) in [4.78, 5) is 0. The van der Waals surface area contributed by atoms with Crippen molar-refractivity contribution < 1.29 is 14.2 Å². The first-order valence-corrected chi connectivity index (χ1v) is 7.46. The van der Waals surface area contributed by atoms with E-state index in [4.69, 9.17) is 19.9 Å². The van der Waals surface area contributed by atoms with Gasteiger partial charge in [-0.3, -0.25) is 0 Å². The molecule has 22 heavy (non-hydrogen) atoms. The first-order valence-electron chi connectivity index (χ1n) is 7.46. The average Bonchev–Trinajstić information content (AvgIpc) is 3.00. The molecule has 0 saturated heterocycles.